The van der Waals surface area contributed by atoms with E-state index in [0.29, 0.717) is 5.92 Å². The van der Waals surface area contributed by atoms with Gasteiger partial charge in [-0.2, -0.15) is 0 Å². The number of nitrogens with zero attached hydrogens (tertiary/aromatic N) is 3. The molecule has 1 aliphatic rings. The minimum Gasteiger partial charge on any atom is -0.347 e. The second-order valence-corrected chi connectivity index (χ2v) is 6.28. The summed E-state index contributed by atoms with van der Waals surface area (Å²) in [4.78, 5) is 19.0. The average Bonchev–Trinajstić information content (AvgIpc) is 2.95. The lowest BCUT2D eigenvalue weighted by Gasteiger charge is -2.33. The van der Waals surface area contributed by atoms with Crippen LogP contribution in [-0.4, -0.2) is 33.4 Å². The van der Waals surface area contributed by atoms with E-state index in [0.717, 1.165) is 37.3 Å². The molecule has 4 heteroatoms. The molecule has 116 valence electrons. The molecular weight excluding hydrogens is 274 g/mol. The molecule has 1 amide bonds. The number of likely N-dealkylation sites (tertiary alicyclic amines) is 1. The van der Waals surface area contributed by atoms with Gasteiger partial charge >= 0.3 is 0 Å². The third-order valence-electron chi connectivity index (χ3n) is 4.47. The normalized spacial score (nSPS) is 18.5. The molecule has 3 rings (SSSR count). The Kier molecular flexibility index (Phi) is 4.27. The Morgan fingerprint density at radius 2 is 2.23 bits per heavy atom. The van der Waals surface area contributed by atoms with Crippen LogP contribution in [0.15, 0.2) is 36.7 Å². The van der Waals surface area contributed by atoms with Crippen molar-refractivity contribution >= 4 is 5.91 Å². The van der Waals surface area contributed by atoms with E-state index in [4.69, 9.17) is 0 Å². The van der Waals surface area contributed by atoms with E-state index in [9.17, 15) is 4.79 Å². The van der Waals surface area contributed by atoms with Crippen molar-refractivity contribution in [1.29, 1.82) is 0 Å². The lowest BCUT2D eigenvalue weighted by molar-refractivity contribution is 0.0663. The lowest BCUT2D eigenvalue weighted by Crippen LogP contribution is -2.41. The van der Waals surface area contributed by atoms with Crippen LogP contribution < -0.4 is 0 Å². The van der Waals surface area contributed by atoms with Gasteiger partial charge in [-0.25, -0.2) is 0 Å². The van der Waals surface area contributed by atoms with E-state index in [1.54, 1.807) is 0 Å². The van der Waals surface area contributed by atoms with Crippen LogP contribution in [-0.2, 0) is 13.5 Å². The molecule has 0 bridgehead atoms. The predicted octanol–water partition coefficient (Wildman–Crippen LogP) is 2.82. The summed E-state index contributed by atoms with van der Waals surface area (Å²) in [5, 5.41) is 0. The molecule has 4 nitrogen and oxygen atoms in total. The first-order chi connectivity index (χ1) is 10.6. The summed E-state index contributed by atoms with van der Waals surface area (Å²) in [7, 11) is 1.92. The average molecular weight is 297 g/mol. The van der Waals surface area contributed by atoms with Crippen LogP contribution in [0.1, 0.15) is 34.6 Å². The fourth-order valence-corrected chi connectivity index (χ4v) is 3.21. The Hall–Kier alpha value is -2.10. The van der Waals surface area contributed by atoms with E-state index in [2.05, 4.69) is 17.1 Å². The van der Waals surface area contributed by atoms with Crippen LogP contribution >= 0.6 is 0 Å². The number of hydrogen-bond acceptors (Lipinski definition) is 2. The van der Waals surface area contributed by atoms with Crippen LogP contribution in [0.2, 0.25) is 0 Å². The molecule has 2 aromatic heterocycles. The van der Waals surface area contributed by atoms with E-state index >= 15 is 0 Å². The summed E-state index contributed by atoms with van der Waals surface area (Å²) >= 11 is 0. The molecule has 0 saturated carbocycles. The first-order valence-corrected chi connectivity index (χ1v) is 7.95. The Bertz CT molecular complexity index is 645. The maximum Gasteiger partial charge on any atom is 0.270 e. The summed E-state index contributed by atoms with van der Waals surface area (Å²) in [5.74, 6) is 0.682. The molecule has 1 atom stereocenters. The third-order valence-corrected chi connectivity index (χ3v) is 4.47. The number of rotatable bonds is 3. The van der Waals surface area contributed by atoms with Crippen molar-refractivity contribution in [2.45, 2.75) is 26.2 Å². The largest absolute Gasteiger partial charge is 0.347 e. The van der Waals surface area contributed by atoms with Gasteiger partial charge in [0, 0.05) is 38.2 Å². The van der Waals surface area contributed by atoms with Gasteiger partial charge in [0.05, 0.1) is 0 Å². The topological polar surface area (TPSA) is 38.1 Å². The second kappa shape index (κ2) is 6.34. The highest BCUT2D eigenvalue weighted by Gasteiger charge is 2.25. The summed E-state index contributed by atoms with van der Waals surface area (Å²) in [6.45, 7) is 3.72. The van der Waals surface area contributed by atoms with Crippen molar-refractivity contribution in [2.24, 2.45) is 13.0 Å². The van der Waals surface area contributed by atoms with Crippen molar-refractivity contribution in [3.05, 3.63) is 53.6 Å². The molecule has 1 fully saturated rings. The van der Waals surface area contributed by atoms with Gasteiger partial charge in [-0.05, 0) is 55.9 Å². The summed E-state index contributed by atoms with van der Waals surface area (Å²) < 4.78 is 1.90. The smallest absolute Gasteiger partial charge is 0.270 e. The minimum atomic E-state index is 0.152. The number of carbonyl (C=O) groups excluding carboxylic acids is 1. The zero-order valence-electron chi connectivity index (χ0n) is 13.3. The van der Waals surface area contributed by atoms with Gasteiger partial charge in [0.25, 0.3) is 5.91 Å². The van der Waals surface area contributed by atoms with Gasteiger partial charge < -0.3 is 9.47 Å². The molecule has 3 heterocycles. The van der Waals surface area contributed by atoms with Crippen LogP contribution in [0.25, 0.3) is 0 Å². The second-order valence-electron chi connectivity index (χ2n) is 6.28. The summed E-state index contributed by atoms with van der Waals surface area (Å²) in [6.07, 6.45) is 7.16. The number of hydrogen-bond donors (Lipinski definition) is 0. The molecule has 0 aliphatic carbocycles. The number of piperidine rings is 1. The highest BCUT2D eigenvalue weighted by molar-refractivity contribution is 5.92. The number of aromatic nitrogens is 2. The van der Waals surface area contributed by atoms with Crippen molar-refractivity contribution in [2.75, 3.05) is 13.1 Å². The van der Waals surface area contributed by atoms with Crippen molar-refractivity contribution in [3.8, 4) is 0 Å². The fourth-order valence-electron chi connectivity index (χ4n) is 3.21. The standard InChI is InChI=1S/C18H23N3O/c1-14-7-8-15(12-19-14)11-16-5-3-10-21(13-16)18(22)17-6-4-9-20(17)2/h4,6-9,12,16H,3,5,10-11,13H2,1-2H3/t16-/m0/s1. The van der Waals surface area contributed by atoms with Gasteiger partial charge in [-0.15, -0.1) is 0 Å². The van der Waals surface area contributed by atoms with Crippen molar-refractivity contribution in [1.82, 2.24) is 14.5 Å². The van der Waals surface area contributed by atoms with E-state index in [1.807, 2.05) is 48.0 Å². The molecule has 0 spiro atoms. The molecule has 1 aliphatic heterocycles. The Morgan fingerprint density at radius 1 is 1.36 bits per heavy atom. The number of pyridine rings is 1. The first kappa shape index (κ1) is 14.8. The van der Waals surface area contributed by atoms with Gasteiger partial charge in [0.2, 0.25) is 0 Å². The van der Waals surface area contributed by atoms with Gasteiger partial charge in [0.15, 0.2) is 0 Å². The SMILES string of the molecule is Cc1ccc(C[C@@H]2CCCN(C(=O)c3cccn3C)C2)cn1. The third kappa shape index (κ3) is 3.21. The van der Waals surface area contributed by atoms with Crippen molar-refractivity contribution in [3.63, 3.8) is 0 Å². The van der Waals surface area contributed by atoms with Crippen LogP contribution in [0, 0.1) is 12.8 Å². The molecule has 1 saturated heterocycles. The number of aryl methyl sites for hydroxylation is 2. The molecule has 2 aromatic rings. The molecule has 0 aromatic carbocycles. The molecular formula is C18H23N3O. The first-order valence-electron chi connectivity index (χ1n) is 7.95. The molecule has 0 N–H and O–H groups in total. The highest BCUT2D eigenvalue weighted by atomic mass is 16.2. The summed E-state index contributed by atoms with van der Waals surface area (Å²) in [5.41, 5.74) is 3.09. The summed E-state index contributed by atoms with van der Waals surface area (Å²) in [6, 6.07) is 8.04. The Balaban J connectivity index is 1.65. The van der Waals surface area contributed by atoms with E-state index in [1.165, 1.54) is 12.0 Å². The quantitative estimate of drug-likeness (QED) is 0.873. The number of amides is 1. The van der Waals surface area contributed by atoms with E-state index in [-0.39, 0.29) is 5.91 Å². The predicted molar refractivity (Wildman–Crippen MR) is 86.7 cm³/mol. The molecule has 0 radical (unpaired) electrons. The Morgan fingerprint density at radius 3 is 2.91 bits per heavy atom. The fraction of sp³-hybridized carbons (Fsp3) is 0.444. The Labute approximate surface area is 131 Å². The van der Waals surface area contributed by atoms with Crippen LogP contribution in [0.4, 0.5) is 0 Å². The van der Waals surface area contributed by atoms with Crippen molar-refractivity contribution < 1.29 is 4.79 Å². The van der Waals surface area contributed by atoms with Crippen LogP contribution in [0.5, 0.6) is 0 Å². The number of carbonyl (C=O) groups is 1. The minimum absolute atomic E-state index is 0.152. The maximum absolute atomic E-state index is 12.6. The van der Waals surface area contributed by atoms with Gasteiger partial charge in [-0.3, -0.25) is 9.78 Å². The van der Waals surface area contributed by atoms with Gasteiger partial charge in [-0.1, -0.05) is 6.07 Å². The van der Waals surface area contributed by atoms with Gasteiger partial charge in [0.1, 0.15) is 5.69 Å². The monoisotopic (exact) mass is 297 g/mol. The molecule has 0 unspecified atom stereocenters. The molecule has 22 heavy (non-hydrogen) atoms. The maximum atomic E-state index is 12.6. The zero-order valence-corrected chi connectivity index (χ0v) is 13.3. The highest BCUT2D eigenvalue weighted by Crippen LogP contribution is 2.22. The lowest BCUT2D eigenvalue weighted by atomic mass is 9.91. The van der Waals surface area contributed by atoms with Crippen LogP contribution in [0.3, 0.4) is 0 Å². The zero-order chi connectivity index (χ0) is 15.5. The van der Waals surface area contributed by atoms with E-state index < -0.39 is 0 Å².